The lowest BCUT2D eigenvalue weighted by Gasteiger charge is -2.33. The maximum absolute atomic E-state index is 4.53. The zero-order valence-electron chi connectivity index (χ0n) is 13.9. The summed E-state index contributed by atoms with van der Waals surface area (Å²) in [5, 5.41) is 0. The van der Waals surface area contributed by atoms with E-state index in [4.69, 9.17) is 0 Å². The number of halogens is 1. The summed E-state index contributed by atoms with van der Waals surface area (Å²) in [5.74, 6) is 1.21. The molecular weight excluding hydrogens is 258 g/mol. The first kappa shape index (κ1) is 21.0. The second kappa shape index (κ2) is 11.5. The highest BCUT2D eigenvalue weighted by Crippen LogP contribution is 2.08. The molecule has 0 unspecified atom stereocenters. The first-order valence-electron chi connectivity index (χ1n) is 7.51. The lowest BCUT2D eigenvalue weighted by molar-refractivity contribution is -0.783. The van der Waals surface area contributed by atoms with E-state index in [1.807, 2.05) is 7.05 Å². The molecule has 0 amide bonds. The van der Waals surface area contributed by atoms with Crippen LogP contribution in [0.15, 0.2) is 4.99 Å². The van der Waals surface area contributed by atoms with Crippen LogP contribution < -0.4 is 12.4 Å². The molecule has 0 bridgehead atoms. The smallest absolute Gasteiger partial charge is 0.299 e. The molecular formula is C15H34ClN3. The van der Waals surface area contributed by atoms with Crippen LogP contribution in [0.5, 0.6) is 0 Å². The molecule has 4 heteroatoms. The second-order valence-electron chi connectivity index (χ2n) is 5.94. The quantitative estimate of drug-likeness (QED) is 0.273. The Hall–Kier alpha value is -0.280. The normalized spacial score (nSPS) is 12.2. The fourth-order valence-electron chi connectivity index (χ4n) is 2.28. The minimum atomic E-state index is 0. The Morgan fingerprint density at radius 2 is 1.32 bits per heavy atom. The fraction of sp³-hybridized carbons (Fsp3) is 0.933. The summed E-state index contributed by atoms with van der Waals surface area (Å²) in [7, 11) is 8.53. The average molecular weight is 292 g/mol. The SMILES string of the molecule is CCCCCN(CCCCC)C(=NC)[N+](C)(C)C.[Cl-]. The Morgan fingerprint density at radius 3 is 1.58 bits per heavy atom. The van der Waals surface area contributed by atoms with Gasteiger partial charge in [0, 0.05) is 20.1 Å². The molecule has 0 rings (SSSR count). The van der Waals surface area contributed by atoms with Crippen molar-refractivity contribution in [2.24, 2.45) is 4.99 Å². The van der Waals surface area contributed by atoms with Crippen molar-refractivity contribution >= 4 is 5.96 Å². The Labute approximate surface area is 127 Å². The van der Waals surface area contributed by atoms with Gasteiger partial charge in [-0.05, 0) is 12.8 Å². The molecule has 0 atom stereocenters. The van der Waals surface area contributed by atoms with Gasteiger partial charge in [0.05, 0.1) is 21.1 Å². The number of unbranched alkanes of at least 4 members (excludes halogenated alkanes) is 4. The summed E-state index contributed by atoms with van der Waals surface area (Å²) in [4.78, 5) is 7.02. The van der Waals surface area contributed by atoms with Crippen molar-refractivity contribution in [1.29, 1.82) is 0 Å². The molecule has 0 aliphatic rings. The van der Waals surface area contributed by atoms with E-state index in [2.05, 4.69) is 44.9 Å². The fourth-order valence-corrected chi connectivity index (χ4v) is 2.28. The highest BCUT2D eigenvalue weighted by atomic mass is 35.5. The third-order valence-corrected chi connectivity index (χ3v) is 3.15. The van der Waals surface area contributed by atoms with E-state index in [0.29, 0.717) is 0 Å². The van der Waals surface area contributed by atoms with E-state index in [1.165, 1.54) is 44.5 Å². The second-order valence-corrected chi connectivity index (χ2v) is 5.94. The van der Waals surface area contributed by atoms with Crippen LogP contribution >= 0.6 is 0 Å². The topological polar surface area (TPSA) is 15.6 Å². The molecule has 0 saturated carbocycles. The Kier molecular flexibility index (Phi) is 12.8. The van der Waals surface area contributed by atoms with E-state index in [-0.39, 0.29) is 12.4 Å². The number of nitrogens with zero attached hydrogens (tertiary/aromatic N) is 3. The molecule has 3 nitrogen and oxygen atoms in total. The predicted molar refractivity (Wildman–Crippen MR) is 82.0 cm³/mol. The van der Waals surface area contributed by atoms with Gasteiger partial charge in [0.15, 0.2) is 0 Å². The number of quaternary nitrogens is 1. The van der Waals surface area contributed by atoms with Crippen LogP contribution in [0, 0.1) is 0 Å². The lowest BCUT2D eigenvalue weighted by Crippen LogP contribution is -3.00. The Balaban J connectivity index is 0. The van der Waals surface area contributed by atoms with E-state index < -0.39 is 0 Å². The summed E-state index contributed by atoms with van der Waals surface area (Å²) >= 11 is 0. The van der Waals surface area contributed by atoms with Crippen molar-refractivity contribution < 1.29 is 16.9 Å². The van der Waals surface area contributed by atoms with Crippen molar-refractivity contribution in [2.45, 2.75) is 52.4 Å². The van der Waals surface area contributed by atoms with E-state index >= 15 is 0 Å². The monoisotopic (exact) mass is 291 g/mol. The molecule has 0 radical (unpaired) electrons. The molecule has 0 aromatic carbocycles. The van der Waals surface area contributed by atoms with Crippen LogP contribution in [-0.2, 0) is 0 Å². The molecule has 0 saturated heterocycles. The maximum Gasteiger partial charge on any atom is 0.299 e. The molecule has 0 fully saturated rings. The zero-order chi connectivity index (χ0) is 14.0. The van der Waals surface area contributed by atoms with Gasteiger partial charge in [-0.2, -0.15) is 0 Å². The van der Waals surface area contributed by atoms with Crippen molar-refractivity contribution in [1.82, 2.24) is 4.90 Å². The van der Waals surface area contributed by atoms with Crippen LogP contribution in [0.3, 0.4) is 0 Å². The maximum atomic E-state index is 4.53. The van der Waals surface area contributed by atoms with Crippen LogP contribution in [0.1, 0.15) is 52.4 Å². The van der Waals surface area contributed by atoms with Gasteiger partial charge in [-0.15, -0.1) is 0 Å². The largest absolute Gasteiger partial charge is 1.00 e. The summed E-state index contributed by atoms with van der Waals surface area (Å²) in [6.45, 7) is 6.83. The van der Waals surface area contributed by atoms with E-state index in [9.17, 15) is 0 Å². The average Bonchev–Trinajstić information content (AvgIpc) is 2.28. The summed E-state index contributed by atoms with van der Waals surface area (Å²) in [5.41, 5.74) is 0. The minimum absolute atomic E-state index is 0. The van der Waals surface area contributed by atoms with Crippen LogP contribution in [0.2, 0.25) is 0 Å². The number of aliphatic imine (C=N–C) groups is 1. The highest BCUT2D eigenvalue weighted by Gasteiger charge is 2.24. The van der Waals surface area contributed by atoms with Gasteiger partial charge in [-0.25, -0.2) is 4.99 Å². The molecule has 0 heterocycles. The highest BCUT2D eigenvalue weighted by molar-refractivity contribution is 5.72. The van der Waals surface area contributed by atoms with Gasteiger partial charge in [0.1, 0.15) is 0 Å². The van der Waals surface area contributed by atoms with E-state index in [1.54, 1.807) is 0 Å². The molecule has 116 valence electrons. The van der Waals surface area contributed by atoms with E-state index in [0.717, 1.165) is 17.6 Å². The molecule has 0 N–H and O–H groups in total. The van der Waals surface area contributed by atoms with Crippen molar-refractivity contribution in [3.63, 3.8) is 0 Å². The van der Waals surface area contributed by atoms with Crippen LogP contribution in [-0.4, -0.2) is 56.6 Å². The van der Waals surface area contributed by atoms with Gasteiger partial charge in [0.2, 0.25) is 0 Å². The van der Waals surface area contributed by atoms with Crippen molar-refractivity contribution in [3.05, 3.63) is 0 Å². The molecule has 19 heavy (non-hydrogen) atoms. The lowest BCUT2D eigenvalue weighted by atomic mass is 10.2. The Morgan fingerprint density at radius 1 is 0.895 bits per heavy atom. The summed E-state index contributed by atoms with van der Waals surface area (Å²) in [6, 6.07) is 0. The molecule has 0 aliphatic heterocycles. The number of hydrogen-bond donors (Lipinski definition) is 0. The molecule has 0 aromatic rings. The van der Waals surface area contributed by atoms with Gasteiger partial charge < -0.3 is 17.3 Å². The van der Waals surface area contributed by atoms with Gasteiger partial charge >= 0.3 is 0 Å². The first-order chi connectivity index (χ1) is 8.47. The van der Waals surface area contributed by atoms with Gasteiger partial charge in [0.25, 0.3) is 5.96 Å². The third-order valence-electron chi connectivity index (χ3n) is 3.15. The number of rotatable bonds is 8. The number of guanidine groups is 1. The molecule has 0 aliphatic carbocycles. The predicted octanol–water partition coefficient (Wildman–Crippen LogP) is 0.365. The molecule has 0 spiro atoms. The molecule has 0 aromatic heterocycles. The standard InChI is InChI=1S/C15H34N3.ClH/c1-7-9-11-13-17(14-12-10-8-2)15(16-3)18(4,5)6;/h7-14H2,1-6H3;1H/q+1;/p-1. The third kappa shape index (κ3) is 9.28. The summed E-state index contributed by atoms with van der Waals surface area (Å²) in [6.07, 6.45) is 7.76. The Bertz CT molecular complexity index is 224. The number of hydrogen-bond acceptors (Lipinski definition) is 1. The first-order valence-corrected chi connectivity index (χ1v) is 7.51. The van der Waals surface area contributed by atoms with Gasteiger partial charge in [-0.3, -0.25) is 4.48 Å². The van der Waals surface area contributed by atoms with Gasteiger partial charge in [-0.1, -0.05) is 39.5 Å². The van der Waals surface area contributed by atoms with Crippen molar-refractivity contribution in [2.75, 3.05) is 41.3 Å². The van der Waals surface area contributed by atoms with Crippen molar-refractivity contribution in [3.8, 4) is 0 Å². The minimum Gasteiger partial charge on any atom is -1.00 e. The zero-order valence-corrected chi connectivity index (χ0v) is 14.6. The van der Waals surface area contributed by atoms with Crippen LogP contribution in [0.25, 0.3) is 0 Å². The summed E-state index contributed by atoms with van der Waals surface area (Å²) < 4.78 is 0.814. The van der Waals surface area contributed by atoms with Crippen LogP contribution in [0.4, 0.5) is 0 Å².